The van der Waals surface area contributed by atoms with Crippen LogP contribution in [0.25, 0.3) is 0 Å². The third-order valence-electron chi connectivity index (χ3n) is 1.60. The first-order valence-corrected chi connectivity index (χ1v) is 4.97. The van der Waals surface area contributed by atoms with Gasteiger partial charge in [0.2, 0.25) is 0 Å². The van der Waals surface area contributed by atoms with Gasteiger partial charge < -0.3 is 25.3 Å². The maximum atomic E-state index is 10.2. The van der Waals surface area contributed by atoms with Crippen LogP contribution in [0.15, 0.2) is 0 Å². The van der Waals surface area contributed by atoms with Crippen LogP contribution in [0.5, 0.6) is 0 Å². The molecule has 0 saturated heterocycles. The Bertz CT molecular complexity index is 155. The van der Waals surface area contributed by atoms with Crippen LogP contribution >= 0.6 is 0 Å². The summed E-state index contributed by atoms with van der Waals surface area (Å²) < 4.78 is 14.6. The fourth-order valence-corrected chi connectivity index (χ4v) is 0.892. The Morgan fingerprint density at radius 3 is 2.67 bits per heavy atom. The van der Waals surface area contributed by atoms with Gasteiger partial charge in [0.25, 0.3) is 0 Å². The fraction of sp³-hybridized carbons (Fsp3) is 0.889. The predicted octanol–water partition coefficient (Wildman–Crippen LogP) is -0.276. The average molecular weight is 220 g/mol. The minimum Gasteiger partial charge on any atom is -0.448 e. The zero-order valence-electron chi connectivity index (χ0n) is 9.16. The molecule has 0 fully saturated rings. The van der Waals surface area contributed by atoms with Gasteiger partial charge in [0.15, 0.2) is 0 Å². The van der Waals surface area contributed by atoms with Crippen molar-refractivity contribution >= 4 is 6.09 Å². The van der Waals surface area contributed by atoms with Gasteiger partial charge >= 0.3 is 6.09 Å². The molecule has 3 N–H and O–H groups in total. The van der Waals surface area contributed by atoms with E-state index in [1.54, 1.807) is 7.11 Å². The minimum atomic E-state index is -0.736. The van der Waals surface area contributed by atoms with Gasteiger partial charge in [-0.2, -0.15) is 0 Å². The van der Waals surface area contributed by atoms with Crippen molar-refractivity contribution < 1.29 is 19.0 Å². The van der Waals surface area contributed by atoms with Crippen molar-refractivity contribution in [2.45, 2.75) is 6.42 Å². The van der Waals surface area contributed by atoms with Crippen LogP contribution < -0.4 is 11.1 Å². The predicted molar refractivity (Wildman–Crippen MR) is 55.7 cm³/mol. The molecule has 0 radical (unpaired) electrons. The molecule has 0 aromatic heterocycles. The Labute approximate surface area is 90.1 Å². The molecule has 0 aliphatic carbocycles. The summed E-state index contributed by atoms with van der Waals surface area (Å²) in [6.07, 6.45) is 0.181. The molecule has 0 unspecified atom stereocenters. The van der Waals surface area contributed by atoms with E-state index in [1.807, 2.05) is 0 Å². The van der Waals surface area contributed by atoms with Crippen LogP contribution in [0.2, 0.25) is 0 Å². The molecule has 0 bridgehead atoms. The highest BCUT2D eigenvalue weighted by Crippen LogP contribution is 1.81. The topological polar surface area (TPSA) is 82.8 Å². The van der Waals surface area contributed by atoms with Gasteiger partial charge in [-0.1, -0.05) is 0 Å². The van der Waals surface area contributed by atoms with E-state index in [2.05, 4.69) is 10.1 Å². The summed E-state index contributed by atoms with van der Waals surface area (Å²) in [6, 6.07) is 0. The van der Waals surface area contributed by atoms with Gasteiger partial charge in [0.05, 0.1) is 13.2 Å². The summed E-state index contributed by atoms with van der Waals surface area (Å²) in [5.74, 6) is 0. The van der Waals surface area contributed by atoms with E-state index in [4.69, 9.17) is 15.2 Å². The highest BCUT2D eigenvalue weighted by Gasteiger charge is 1.93. The van der Waals surface area contributed by atoms with E-state index in [0.29, 0.717) is 33.0 Å². The number of primary amides is 1. The molecule has 0 saturated carbocycles. The molecule has 1 amide bonds. The molecule has 0 heterocycles. The first-order chi connectivity index (χ1) is 7.27. The Morgan fingerprint density at radius 2 is 2.00 bits per heavy atom. The number of amides is 1. The quantitative estimate of drug-likeness (QED) is 0.495. The zero-order valence-corrected chi connectivity index (χ0v) is 9.16. The summed E-state index contributed by atoms with van der Waals surface area (Å²) in [5, 5.41) is 3.09. The normalized spacial score (nSPS) is 10.2. The molecule has 90 valence electrons. The maximum Gasteiger partial charge on any atom is 0.404 e. The minimum absolute atomic E-state index is 0.305. The lowest BCUT2D eigenvalue weighted by molar-refractivity contribution is 0.0693. The molecular weight excluding hydrogens is 200 g/mol. The molecule has 0 atom stereocenters. The number of nitrogens with one attached hydrogen (secondary N) is 1. The number of ether oxygens (including phenoxy) is 3. The molecule has 15 heavy (non-hydrogen) atoms. The molecule has 0 aliphatic heterocycles. The number of carbonyl (C=O) groups excluding carboxylic acids is 1. The second-order valence-corrected chi connectivity index (χ2v) is 2.88. The third kappa shape index (κ3) is 13.2. The van der Waals surface area contributed by atoms with Gasteiger partial charge in [-0.3, -0.25) is 0 Å². The third-order valence-corrected chi connectivity index (χ3v) is 1.60. The Morgan fingerprint density at radius 1 is 1.20 bits per heavy atom. The van der Waals surface area contributed by atoms with Crippen LogP contribution in [0.3, 0.4) is 0 Å². The number of hydrogen-bond acceptors (Lipinski definition) is 5. The van der Waals surface area contributed by atoms with Crippen LogP contribution in [0.4, 0.5) is 4.79 Å². The van der Waals surface area contributed by atoms with Crippen LogP contribution in [0.1, 0.15) is 6.42 Å². The number of methoxy groups -OCH3 is 1. The Balaban J connectivity index is 2.89. The van der Waals surface area contributed by atoms with Gasteiger partial charge in [0, 0.05) is 20.3 Å². The number of nitrogens with two attached hydrogens (primary N) is 1. The van der Waals surface area contributed by atoms with Crippen molar-refractivity contribution in [3.63, 3.8) is 0 Å². The summed E-state index contributed by atoms with van der Waals surface area (Å²) in [4.78, 5) is 10.2. The van der Waals surface area contributed by atoms with Crippen molar-refractivity contribution in [2.24, 2.45) is 5.73 Å². The van der Waals surface area contributed by atoms with Crippen molar-refractivity contribution in [3.05, 3.63) is 0 Å². The molecular formula is C9H20N2O4. The van der Waals surface area contributed by atoms with E-state index in [0.717, 1.165) is 13.0 Å². The number of carbonyl (C=O) groups is 1. The number of hydrogen-bond donors (Lipinski definition) is 2. The first-order valence-electron chi connectivity index (χ1n) is 4.97. The molecule has 0 aromatic carbocycles. The van der Waals surface area contributed by atoms with E-state index in [1.165, 1.54) is 0 Å². The zero-order chi connectivity index (χ0) is 11.4. The summed E-state index contributed by atoms with van der Waals surface area (Å²) >= 11 is 0. The van der Waals surface area contributed by atoms with Crippen LogP contribution in [-0.2, 0) is 14.2 Å². The molecule has 6 heteroatoms. The fourth-order valence-electron chi connectivity index (χ4n) is 0.892. The second-order valence-electron chi connectivity index (χ2n) is 2.88. The van der Waals surface area contributed by atoms with Crippen LogP contribution in [0, 0.1) is 0 Å². The first kappa shape index (κ1) is 14.2. The molecule has 0 rings (SSSR count). The highest BCUT2D eigenvalue weighted by molar-refractivity contribution is 5.64. The standard InChI is InChI=1S/C9H20N2O4/c1-13-7-8-14-5-2-3-11-4-6-15-9(10)12/h11H,2-8H2,1H3,(H2,10,12). The lowest BCUT2D eigenvalue weighted by atomic mass is 10.4. The maximum absolute atomic E-state index is 10.2. The second kappa shape index (κ2) is 11.2. The van der Waals surface area contributed by atoms with Crippen molar-refractivity contribution in [2.75, 3.05) is 46.6 Å². The average Bonchev–Trinajstić information content (AvgIpc) is 2.20. The van der Waals surface area contributed by atoms with Gasteiger partial charge in [-0.15, -0.1) is 0 Å². The SMILES string of the molecule is COCCOCCCNCCOC(N)=O. The van der Waals surface area contributed by atoms with E-state index >= 15 is 0 Å². The number of rotatable bonds is 10. The van der Waals surface area contributed by atoms with Gasteiger partial charge in [0.1, 0.15) is 6.61 Å². The van der Waals surface area contributed by atoms with Gasteiger partial charge in [-0.25, -0.2) is 4.79 Å². The smallest absolute Gasteiger partial charge is 0.404 e. The summed E-state index contributed by atoms with van der Waals surface area (Å²) in [6.45, 7) is 3.70. The molecule has 0 aliphatic rings. The van der Waals surface area contributed by atoms with Crippen LogP contribution in [-0.4, -0.2) is 52.7 Å². The van der Waals surface area contributed by atoms with E-state index in [9.17, 15) is 4.79 Å². The molecule has 0 spiro atoms. The highest BCUT2D eigenvalue weighted by atomic mass is 16.5. The monoisotopic (exact) mass is 220 g/mol. The lowest BCUT2D eigenvalue weighted by Gasteiger charge is -2.05. The summed E-state index contributed by atoms with van der Waals surface area (Å²) in [5.41, 5.74) is 4.78. The largest absolute Gasteiger partial charge is 0.448 e. The molecule has 6 nitrogen and oxygen atoms in total. The lowest BCUT2D eigenvalue weighted by Crippen LogP contribution is -2.25. The van der Waals surface area contributed by atoms with Gasteiger partial charge in [-0.05, 0) is 13.0 Å². The van der Waals surface area contributed by atoms with Crippen molar-refractivity contribution in [1.29, 1.82) is 0 Å². The Kier molecular flexibility index (Phi) is 10.6. The Hall–Kier alpha value is -0.850. The van der Waals surface area contributed by atoms with E-state index < -0.39 is 6.09 Å². The van der Waals surface area contributed by atoms with Crippen molar-refractivity contribution in [1.82, 2.24) is 5.32 Å². The molecule has 0 aromatic rings. The summed E-state index contributed by atoms with van der Waals surface area (Å²) in [7, 11) is 1.64. The van der Waals surface area contributed by atoms with E-state index in [-0.39, 0.29) is 0 Å². The van der Waals surface area contributed by atoms with Crippen molar-refractivity contribution in [3.8, 4) is 0 Å².